The first kappa shape index (κ1) is 15.9. The number of pyridine rings is 1. The summed E-state index contributed by atoms with van der Waals surface area (Å²) in [5.74, 6) is 0.846. The third kappa shape index (κ3) is 2.77. The largest absolute Gasteiger partial charge is 0.496 e. The predicted octanol–water partition coefficient (Wildman–Crippen LogP) is 4.34. The van der Waals surface area contributed by atoms with Gasteiger partial charge in [0, 0.05) is 40.1 Å². The molecule has 0 aliphatic carbocycles. The predicted molar refractivity (Wildman–Crippen MR) is 90.1 cm³/mol. The van der Waals surface area contributed by atoms with E-state index in [0.29, 0.717) is 0 Å². The number of aromatic nitrogens is 3. The molecule has 114 valence electrons. The van der Waals surface area contributed by atoms with Gasteiger partial charge in [0.1, 0.15) is 12.1 Å². The van der Waals surface area contributed by atoms with Crippen LogP contribution in [0.15, 0.2) is 36.9 Å². The molecule has 0 bridgehead atoms. The Hall–Kier alpha value is -2.49. The number of aryl methyl sites for hydroxylation is 2. The first-order valence-electron chi connectivity index (χ1n) is 7.41. The Morgan fingerprint density at radius 1 is 0.909 bits per heavy atom. The van der Waals surface area contributed by atoms with Gasteiger partial charge in [0.15, 0.2) is 0 Å². The molecule has 0 aliphatic rings. The lowest BCUT2D eigenvalue weighted by Gasteiger charge is -2.13. The quantitative estimate of drug-likeness (QED) is 0.705. The highest BCUT2D eigenvalue weighted by molar-refractivity contribution is 6.00. The summed E-state index contributed by atoms with van der Waals surface area (Å²) in [5.41, 5.74) is 4.08. The Balaban J connectivity index is 0.000000847. The maximum absolute atomic E-state index is 5.42. The van der Waals surface area contributed by atoms with Gasteiger partial charge in [-0.1, -0.05) is 13.8 Å². The van der Waals surface area contributed by atoms with Gasteiger partial charge in [-0.2, -0.15) is 0 Å². The van der Waals surface area contributed by atoms with E-state index in [4.69, 9.17) is 4.74 Å². The highest BCUT2D eigenvalue weighted by Crippen LogP contribution is 2.35. The van der Waals surface area contributed by atoms with Crippen molar-refractivity contribution in [1.29, 1.82) is 0 Å². The van der Waals surface area contributed by atoms with Crippen LogP contribution < -0.4 is 4.74 Å². The number of ether oxygens (including phenoxy) is 1. The van der Waals surface area contributed by atoms with Crippen LogP contribution in [0.2, 0.25) is 0 Å². The van der Waals surface area contributed by atoms with Gasteiger partial charge in [-0.15, -0.1) is 0 Å². The summed E-state index contributed by atoms with van der Waals surface area (Å²) in [5, 5.41) is 2.09. The van der Waals surface area contributed by atoms with E-state index in [2.05, 4.69) is 15.0 Å². The minimum atomic E-state index is 0.846. The van der Waals surface area contributed by atoms with Crippen molar-refractivity contribution in [3.8, 4) is 16.9 Å². The van der Waals surface area contributed by atoms with Gasteiger partial charge < -0.3 is 4.74 Å². The van der Waals surface area contributed by atoms with Gasteiger partial charge in [-0.05, 0) is 37.6 Å². The van der Waals surface area contributed by atoms with Gasteiger partial charge >= 0.3 is 0 Å². The number of rotatable bonds is 2. The summed E-state index contributed by atoms with van der Waals surface area (Å²) in [6.45, 7) is 7.99. The monoisotopic (exact) mass is 295 g/mol. The van der Waals surface area contributed by atoms with E-state index in [9.17, 15) is 0 Å². The molecule has 22 heavy (non-hydrogen) atoms. The summed E-state index contributed by atoms with van der Waals surface area (Å²) >= 11 is 0. The minimum Gasteiger partial charge on any atom is -0.496 e. The number of methoxy groups -OCH3 is 1. The zero-order valence-electron chi connectivity index (χ0n) is 13.7. The fourth-order valence-electron chi connectivity index (χ4n) is 2.54. The molecule has 3 rings (SSSR count). The number of hydrogen-bond donors (Lipinski definition) is 0. The van der Waals surface area contributed by atoms with Gasteiger partial charge in [-0.25, -0.2) is 9.97 Å². The maximum atomic E-state index is 5.42. The standard InChI is InChI=1S/C16H15N3O.C2H6/c1-10-16(11(2)19-9-18-10)13-4-5-15(20-3)12-6-7-17-8-14(12)13;1-2/h4-9H,1-3H3;1-2H3. The second kappa shape index (κ2) is 6.98. The van der Waals surface area contributed by atoms with Crippen molar-refractivity contribution in [3.63, 3.8) is 0 Å². The van der Waals surface area contributed by atoms with Crippen LogP contribution in [-0.4, -0.2) is 22.1 Å². The summed E-state index contributed by atoms with van der Waals surface area (Å²) in [6.07, 6.45) is 5.23. The SMILES string of the molecule is CC.COc1ccc(-c2c(C)ncnc2C)c2cnccc12. The molecule has 4 heteroatoms. The summed E-state index contributed by atoms with van der Waals surface area (Å²) in [4.78, 5) is 12.8. The van der Waals surface area contributed by atoms with Crippen molar-refractivity contribution in [3.05, 3.63) is 48.3 Å². The molecule has 0 amide bonds. The molecule has 0 spiro atoms. The molecule has 4 nitrogen and oxygen atoms in total. The van der Waals surface area contributed by atoms with Crippen LogP contribution in [0, 0.1) is 13.8 Å². The number of nitrogens with zero attached hydrogens (tertiary/aromatic N) is 3. The van der Waals surface area contributed by atoms with E-state index >= 15 is 0 Å². The lowest BCUT2D eigenvalue weighted by molar-refractivity contribution is 0.420. The smallest absolute Gasteiger partial charge is 0.126 e. The van der Waals surface area contributed by atoms with Crippen molar-refractivity contribution in [1.82, 2.24) is 15.0 Å². The lowest BCUT2D eigenvalue weighted by atomic mass is 9.97. The molecule has 0 radical (unpaired) electrons. The van der Waals surface area contributed by atoms with Crippen molar-refractivity contribution in [2.45, 2.75) is 27.7 Å². The second-order valence-corrected chi connectivity index (χ2v) is 4.66. The zero-order chi connectivity index (χ0) is 16.1. The highest BCUT2D eigenvalue weighted by atomic mass is 16.5. The molecule has 0 atom stereocenters. The van der Waals surface area contributed by atoms with Crippen LogP contribution in [0.1, 0.15) is 25.2 Å². The van der Waals surface area contributed by atoms with E-state index in [-0.39, 0.29) is 0 Å². The van der Waals surface area contributed by atoms with Crippen LogP contribution >= 0.6 is 0 Å². The Bertz CT molecular complexity index is 764. The number of hydrogen-bond acceptors (Lipinski definition) is 4. The van der Waals surface area contributed by atoms with Crippen LogP contribution in [0.25, 0.3) is 21.9 Å². The van der Waals surface area contributed by atoms with Crippen molar-refractivity contribution >= 4 is 10.8 Å². The second-order valence-electron chi connectivity index (χ2n) is 4.66. The first-order chi connectivity index (χ1) is 10.7. The summed E-state index contributed by atoms with van der Waals surface area (Å²) in [6, 6.07) is 5.98. The maximum Gasteiger partial charge on any atom is 0.126 e. The summed E-state index contributed by atoms with van der Waals surface area (Å²) < 4.78 is 5.42. The van der Waals surface area contributed by atoms with Gasteiger partial charge in [0.25, 0.3) is 0 Å². The third-order valence-electron chi connectivity index (χ3n) is 3.49. The lowest BCUT2D eigenvalue weighted by Crippen LogP contribution is -1.96. The fraction of sp³-hybridized carbons (Fsp3) is 0.278. The Morgan fingerprint density at radius 2 is 1.59 bits per heavy atom. The van der Waals surface area contributed by atoms with Gasteiger partial charge in [0.2, 0.25) is 0 Å². The Kier molecular flexibility index (Phi) is 5.04. The Morgan fingerprint density at radius 3 is 2.23 bits per heavy atom. The molecule has 0 fully saturated rings. The molecule has 0 saturated heterocycles. The van der Waals surface area contributed by atoms with Crippen LogP contribution in [0.4, 0.5) is 0 Å². The van der Waals surface area contributed by atoms with Crippen molar-refractivity contribution in [2.24, 2.45) is 0 Å². The van der Waals surface area contributed by atoms with Gasteiger partial charge in [-0.3, -0.25) is 4.98 Å². The van der Waals surface area contributed by atoms with Crippen LogP contribution in [0.3, 0.4) is 0 Å². The Labute approximate surface area is 131 Å². The number of benzene rings is 1. The van der Waals surface area contributed by atoms with E-state index < -0.39 is 0 Å². The summed E-state index contributed by atoms with van der Waals surface area (Å²) in [7, 11) is 1.68. The normalized spacial score (nSPS) is 10.0. The molecule has 2 aromatic heterocycles. The van der Waals surface area contributed by atoms with Crippen LogP contribution in [-0.2, 0) is 0 Å². The highest BCUT2D eigenvalue weighted by Gasteiger charge is 2.13. The third-order valence-corrected chi connectivity index (χ3v) is 3.49. The minimum absolute atomic E-state index is 0.846. The molecule has 3 aromatic rings. The molecule has 1 aromatic carbocycles. The van der Waals surface area contributed by atoms with Crippen molar-refractivity contribution < 1.29 is 4.74 Å². The fourth-order valence-corrected chi connectivity index (χ4v) is 2.54. The molecular formula is C18H21N3O. The molecule has 0 N–H and O–H groups in total. The zero-order valence-corrected chi connectivity index (χ0v) is 13.7. The molecule has 0 aliphatic heterocycles. The van der Waals surface area contributed by atoms with E-state index in [0.717, 1.165) is 39.0 Å². The molecule has 0 saturated carbocycles. The van der Waals surface area contributed by atoms with E-state index in [1.165, 1.54) is 0 Å². The molecule has 0 unspecified atom stereocenters. The average Bonchev–Trinajstić information content (AvgIpc) is 2.56. The topological polar surface area (TPSA) is 47.9 Å². The van der Waals surface area contributed by atoms with Crippen LogP contribution in [0.5, 0.6) is 5.75 Å². The molecular weight excluding hydrogens is 274 g/mol. The first-order valence-corrected chi connectivity index (χ1v) is 7.41. The van der Waals surface area contributed by atoms with Gasteiger partial charge in [0.05, 0.1) is 7.11 Å². The molecule has 2 heterocycles. The van der Waals surface area contributed by atoms with Crippen molar-refractivity contribution in [2.75, 3.05) is 7.11 Å². The van der Waals surface area contributed by atoms with E-state index in [1.54, 1.807) is 19.6 Å². The van der Waals surface area contributed by atoms with E-state index in [1.807, 2.05) is 52.1 Å². The average molecular weight is 295 g/mol. The number of fused-ring (bicyclic) bond motifs is 1.